The van der Waals surface area contributed by atoms with Crippen molar-refractivity contribution in [2.45, 2.75) is 43.0 Å². The highest BCUT2D eigenvalue weighted by atomic mass is 32.2. The van der Waals surface area contributed by atoms with Crippen LogP contribution in [0, 0.1) is 5.21 Å². The molecule has 1 N–H and O–H groups in total. The van der Waals surface area contributed by atoms with Crippen molar-refractivity contribution in [3.05, 3.63) is 65.5 Å². The maximum atomic E-state index is 12.2. The highest BCUT2D eigenvalue weighted by molar-refractivity contribution is 8.00. The number of pyridine rings is 1. The molecule has 1 aromatic carbocycles. The predicted molar refractivity (Wildman–Crippen MR) is 93.1 cm³/mol. The fraction of sp³-hybridized carbons (Fsp3) is 0.333. The molecule has 0 bridgehead atoms. The minimum Gasteiger partial charge on any atom is -0.618 e. The molecule has 4 nitrogen and oxygen atoms in total. The first-order chi connectivity index (χ1) is 11.1. The quantitative estimate of drug-likeness (QED) is 0.482. The molecule has 2 atom stereocenters. The first kappa shape index (κ1) is 17.3. The van der Waals surface area contributed by atoms with Gasteiger partial charge in [0.05, 0.1) is 5.25 Å². The summed E-state index contributed by atoms with van der Waals surface area (Å²) in [6.07, 6.45) is 3.26. The van der Waals surface area contributed by atoms with E-state index in [9.17, 15) is 10.0 Å². The van der Waals surface area contributed by atoms with Gasteiger partial charge in [-0.1, -0.05) is 30.3 Å². The van der Waals surface area contributed by atoms with Crippen LogP contribution in [0.25, 0.3) is 0 Å². The van der Waals surface area contributed by atoms with Gasteiger partial charge >= 0.3 is 0 Å². The minimum absolute atomic E-state index is 0.0422. The molecule has 0 aliphatic rings. The van der Waals surface area contributed by atoms with E-state index in [1.54, 1.807) is 18.2 Å². The second kappa shape index (κ2) is 8.58. The molecule has 0 saturated heterocycles. The van der Waals surface area contributed by atoms with Crippen LogP contribution in [-0.2, 0) is 11.2 Å². The molecule has 1 amide bonds. The number of rotatable bonds is 7. The Balaban J connectivity index is 1.80. The van der Waals surface area contributed by atoms with Crippen molar-refractivity contribution in [3.8, 4) is 0 Å². The van der Waals surface area contributed by atoms with Crippen molar-refractivity contribution in [1.82, 2.24) is 5.32 Å². The van der Waals surface area contributed by atoms with Gasteiger partial charge in [0.25, 0.3) is 5.03 Å². The highest BCUT2D eigenvalue weighted by Gasteiger charge is 2.19. The standard InChI is InChI=1S/C18H22N2O2S/c1-14(11-12-16-8-4-3-5-9-16)19-18(21)15(2)23-17-10-6-7-13-20(17)22/h3-10,13-15H,11-12H2,1-2H3,(H,19,21). The van der Waals surface area contributed by atoms with Crippen molar-refractivity contribution >= 4 is 17.7 Å². The van der Waals surface area contributed by atoms with E-state index in [-0.39, 0.29) is 17.2 Å². The van der Waals surface area contributed by atoms with Gasteiger partial charge in [-0.3, -0.25) is 4.79 Å². The Morgan fingerprint density at radius 1 is 1.17 bits per heavy atom. The van der Waals surface area contributed by atoms with Gasteiger partial charge in [-0.25, -0.2) is 0 Å². The predicted octanol–water partition coefficient (Wildman–Crippen LogP) is 2.94. The lowest BCUT2D eigenvalue weighted by atomic mass is 10.1. The third kappa shape index (κ3) is 5.60. The second-order valence-electron chi connectivity index (χ2n) is 5.56. The topological polar surface area (TPSA) is 56.0 Å². The Labute approximate surface area is 141 Å². The lowest BCUT2D eigenvalue weighted by Crippen LogP contribution is -2.38. The van der Waals surface area contributed by atoms with E-state index in [0.717, 1.165) is 17.6 Å². The van der Waals surface area contributed by atoms with Gasteiger partial charge in [-0.05, 0) is 50.1 Å². The third-order valence-corrected chi connectivity index (χ3v) is 4.68. The third-order valence-electron chi connectivity index (χ3n) is 3.55. The Morgan fingerprint density at radius 3 is 2.57 bits per heavy atom. The maximum absolute atomic E-state index is 12.2. The number of carbonyl (C=O) groups excluding carboxylic acids is 1. The van der Waals surface area contributed by atoms with E-state index in [0.29, 0.717) is 5.03 Å². The number of thioether (sulfide) groups is 1. The van der Waals surface area contributed by atoms with Crippen molar-refractivity contribution in [1.29, 1.82) is 0 Å². The van der Waals surface area contributed by atoms with Crippen LogP contribution in [0.1, 0.15) is 25.8 Å². The summed E-state index contributed by atoms with van der Waals surface area (Å²) in [5, 5.41) is 14.9. The largest absolute Gasteiger partial charge is 0.618 e. The maximum Gasteiger partial charge on any atom is 0.252 e. The molecule has 2 aromatic rings. The van der Waals surface area contributed by atoms with Crippen LogP contribution in [0.5, 0.6) is 0 Å². The number of nitrogens with zero attached hydrogens (tertiary/aromatic N) is 1. The van der Waals surface area contributed by atoms with Crippen molar-refractivity contribution in [2.24, 2.45) is 0 Å². The molecule has 23 heavy (non-hydrogen) atoms. The summed E-state index contributed by atoms with van der Waals surface area (Å²) >= 11 is 1.27. The number of amides is 1. The van der Waals surface area contributed by atoms with E-state index in [1.165, 1.54) is 23.5 Å². The zero-order valence-corrected chi connectivity index (χ0v) is 14.3. The summed E-state index contributed by atoms with van der Waals surface area (Å²) in [7, 11) is 0. The first-order valence-corrected chi connectivity index (χ1v) is 8.63. The molecular weight excluding hydrogens is 308 g/mol. The number of benzene rings is 1. The van der Waals surface area contributed by atoms with Crippen LogP contribution in [-0.4, -0.2) is 17.2 Å². The highest BCUT2D eigenvalue weighted by Crippen LogP contribution is 2.19. The molecule has 1 aromatic heterocycles. The second-order valence-corrected chi connectivity index (χ2v) is 6.92. The van der Waals surface area contributed by atoms with Crippen LogP contribution in [0.15, 0.2) is 59.8 Å². The summed E-state index contributed by atoms with van der Waals surface area (Å²) < 4.78 is 0.785. The van der Waals surface area contributed by atoms with Crippen molar-refractivity contribution in [2.75, 3.05) is 0 Å². The lowest BCUT2D eigenvalue weighted by molar-refractivity contribution is -0.645. The average molecular weight is 330 g/mol. The molecule has 1 heterocycles. The van der Waals surface area contributed by atoms with E-state index >= 15 is 0 Å². The van der Waals surface area contributed by atoms with E-state index < -0.39 is 0 Å². The summed E-state index contributed by atoms with van der Waals surface area (Å²) in [5.74, 6) is -0.0422. The van der Waals surface area contributed by atoms with E-state index in [4.69, 9.17) is 0 Å². The lowest BCUT2D eigenvalue weighted by Gasteiger charge is -2.17. The first-order valence-electron chi connectivity index (χ1n) is 7.75. The van der Waals surface area contributed by atoms with Gasteiger partial charge in [-0.2, -0.15) is 4.73 Å². The van der Waals surface area contributed by atoms with Gasteiger partial charge in [0.15, 0.2) is 6.20 Å². The number of carbonyl (C=O) groups is 1. The fourth-order valence-electron chi connectivity index (χ4n) is 2.20. The molecular formula is C18H22N2O2S. The molecule has 0 spiro atoms. The zero-order chi connectivity index (χ0) is 16.7. The molecule has 0 fully saturated rings. The van der Waals surface area contributed by atoms with Crippen molar-refractivity contribution < 1.29 is 9.52 Å². The fourth-order valence-corrected chi connectivity index (χ4v) is 3.06. The van der Waals surface area contributed by atoms with Crippen LogP contribution in [0.3, 0.4) is 0 Å². The van der Waals surface area contributed by atoms with Crippen LogP contribution in [0.4, 0.5) is 0 Å². The zero-order valence-electron chi connectivity index (χ0n) is 13.4. The van der Waals surface area contributed by atoms with Gasteiger partial charge in [0.1, 0.15) is 0 Å². The molecule has 122 valence electrons. The smallest absolute Gasteiger partial charge is 0.252 e. The molecule has 0 aliphatic carbocycles. The SMILES string of the molecule is CC(CCc1ccccc1)NC(=O)C(C)Sc1cccc[n+]1[O-]. The number of aromatic nitrogens is 1. The van der Waals surface area contributed by atoms with E-state index in [2.05, 4.69) is 17.4 Å². The molecule has 2 rings (SSSR count). The van der Waals surface area contributed by atoms with E-state index in [1.807, 2.05) is 32.0 Å². The number of aryl methyl sites for hydroxylation is 1. The van der Waals surface area contributed by atoms with Gasteiger partial charge < -0.3 is 10.5 Å². The Hall–Kier alpha value is -2.01. The van der Waals surface area contributed by atoms with Gasteiger partial charge in [-0.15, -0.1) is 0 Å². The van der Waals surface area contributed by atoms with Gasteiger partial charge in [0, 0.05) is 18.2 Å². The number of hydrogen-bond acceptors (Lipinski definition) is 3. The summed E-state index contributed by atoms with van der Waals surface area (Å²) in [6, 6.07) is 15.5. The Kier molecular flexibility index (Phi) is 6.47. The Bertz CT molecular complexity index is 634. The number of nitrogens with one attached hydrogen (secondary N) is 1. The molecule has 5 heteroatoms. The van der Waals surface area contributed by atoms with Crippen molar-refractivity contribution in [3.63, 3.8) is 0 Å². The van der Waals surface area contributed by atoms with Gasteiger partial charge in [0.2, 0.25) is 5.91 Å². The number of hydrogen-bond donors (Lipinski definition) is 1. The summed E-state index contributed by atoms with van der Waals surface area (Å²) in [4.78, 5) is 12.2. The average Bonchev–Trinajstić information content (AvgIpc) is 2.56. The molecule has 0 radical (unpaired) electrons. The Morgan fingerprint density at radius 2 is 1.87 bits per heavy atom. The van der Waals surface area contributed by atoms with Crippen LogP contribution < -0.4 is 10.0 Å². The summed E-state index contributed by atoms with van der Waals surface area (Å²) in [6.45, 7) is 3.82. The monoisotopic (exact) mass is 330 g/mol. The molecule has 2 unspecified atom stereocenters. The van der Waals surface area contributed by atoms with Crippen LogP contribution in [0.2, 0.25) is 0 Å². The minimum atomic E-state index is -0.309. The normalized spacial score (nSPS) is 13.3. The van der Waals surface area contributed by atoms with Crippen LogP contribution >= 0.6 is 11.8 Å². The molecule has 0 aliphatic heterocycles. The summed E-state index contributed by atoms with van der Waals surface area (Å²) in [5.41, 5.74) is 1.27. The molecule has 0 saturated carbocycles.